The maximum absolute atomic E-state index is 11.0. The number of aromatic nitrogens is 1. The minimum absolute atomic E-state index is 0.00811. The van der Waals surface area contributed by atoms with E-state index in [0.717, 1.165) is 16.8 Å². The summed E-state index contributed by atoms with van der Waals surface area (Å²) in [5, 5.41) is 17.2. The Morgan fingerprint density at radius 1 is 1.19 bits per heavy atom. The third-order valence-corrected chi connectivity index (χ3v) is 3.03. The molecular formula is C15H18N4O2. The molecule has 0 unspecified atom stereocenters. The van der Waals surface area contributed by atoms with Crippen molar-refractivity contribution >= 4 is 23.0 Å². The zero-order valence-electron chi connectivity index (χ0n) is 12.3. The van der Waals surface area contributed by atoms with E-state index in [2.05, 4.69) is 15.6 Å². The number of nitrogens with zero attached hydrogens (tertiary/aromatic N) is 2. The van der Waals surface area contributed by atoms with Crippen LogP contribution in [0.4, 0.5) is 23.0 Å². The first-order chi connectivity index (χ1) is 9.99. The highest BCUT2D eigenvalue weighted by Crippen LogP contribution is 2.25. The molecule has 6 nitrogen and oxygen atoms in total. The monoisotopic (exact) mass is 286 g/mol. The van der Waals surface area contributed by atoms with E-state index in [9.17, 15) is 10.1 Å². The second-order valence-electron chi connectivity index (χ2n) is 4.83. The molecule has 0 aliphatic carbocycles. The zero-order valence-corrected chi connectivity index (χ0v) is 12.3. The summed E-state index contributed by atoms with van der Waals surface area (Å²) >= 11 is 0. The quantitative estimate of drug-likeness (QED) is 0.645. The van der Waals surface area contributed by atoms with Crippen LogP contribution in [0.15, 0.2) is 30.3 Å². The van der Waals surface area contributed by atoms with E-state index in [0.29, 0.717) is 18.2 Å². The van der Waals surface area contributed by atoms with Crippen molar-refractivity contribution in [3.8, 4) is 0 Å². The number of nitrogens with one attached hydrogen (secondary N) is 2. The largest absolute Gasteiger partial charge is 0.370 e. The number of nitro groups is 1. The number of pyridine rings is 1. The summed E-state index contributed by atoms with van der Waals surface area (Å²) in [6, 6.07) is 8.87. The van der Waals surface area contributed by atoms with Gasteiger partial charge >= 0.3 is 0 Å². The van der Waals surface area contributed by atoms with Crippen LogP contribution < -0.4 is 10.6 Å². The Morgan fingerprint density at radius 3 is 2.57 bits per heavy atom. The van der Waals surface area contributed by atoms with Gasteiger partial charge in [0.1, 0.15) is 11.6 Å². The summed E-state index contributed by atoms with van der Waals surface area (Å²) in [6.45, 7) is 6.54. The van der Waals surface area contributed by atoms with Crippen LogP contribution in [0.2, 0.25) is 0 Å². The van der Waals surface area contributed by atoms with Crippen LogP contribution >= 0.6 is 0 Å². The SMILES string of the molecule is CCNc1cc([N+](=O)[O-])cc(Nc2cc(C)ccc2C)n1. The van der Waals surface area contributed by atoms with Gasteiger partial charge in [0.2, 0.25) is 0 Å². The molecule has 1 aromatic carbocycles. The van der Waals surface area contributed by atoms with Crippen LogP contribution in [0.3, 0.4) is 0 Å². The topological polar surface area (TPSA) is 80.1 Å². The Labute approximate surface area is 123 Å². The third kappa shape index (κ3) is 3.68. The highest BCUT2D eigenvalue weighted by atomic mass is 16.6. The molecule has 6 heteroatoms. The lowest BCUT2D eigenvalue weighted by Gasteiger charge is -2.11. The zero-order chi connectivity index (χ0) is 15.4. The average molecular weight is 286 g/mol. The summed E-state index contributed by atoms with van der Waals surface area (Å²) < 4.78 is 0. The summed E-state index contributed by atoms with van der Waals surface area (Å²) in [6.07, 6.45) is 0. The summed E-state index contributed by atoms with van der Waals surface area (Å²) in [5.74, 6) is 0.938. The van der Waals surface area contributed by atoms with E-state index in [-0.39, 0.29) is 5.69 Å². The first-order valence-electron chi connectivity index (χ1n) is 6.74. The van der Waals surface area contributed by atoms with Gasteiger partial charge < -0.3 is 10.6 Å². The van der Waals surface area contributed by atoms with Gasteiger partial charge in [0, 0.05) is 12.2 Å². The van der Waals surface area contributed by atoms with Gasteiger partial charge in [-0.15, -0.1) is 0 Å². The lowest BCUT2D eigenvalue weighted by molar-refractivity contribution is -0.384. The van der Waals surface area contributed by atoms with E-state index < -0.39 is 4.92 Å². The molecular weight excluding hydrogens is 268 g/mol. The minimum atomic E-state index is -0.420. The molecule has 0 saturated heterocycles. The van der Waals surface area contributed by atoms with Gasteiger partial charge in [0.05, 0.1) is 17.1 Å². The van der Waals surface area contributed by atoms with Crippen LogP contribution in [0.5, 0.6) is 0 Å². The van der Waals surface area contributed by atoms with Gasteiger partial charge in [-0.05, 0) is 38.0 Å². The molecule has 21 heavy (non-hydrogen) atoms. The number of rotatable bonds is 5. The summed E-state index contributed by atoms with van der Waals surface area (Å²) in [4.78, 5) is 14.9. The van der Waals surface area contributed by atoms with Crippen LogP contribution in [-0.4, -0.2) is 16.5 Å². The fourth-order valence-corrected chi connectivity index (χ4v) is 1.97. The molecule has 0 amide bonds. The van der Waals surface area contributed by atoms with Crippen LogP contribution in [0, 0.1) is 24.0 Å². The molecule has 0 aliphatic rings. The smallest absolute Gasteiger partial charge is 0.276 e. The van der Waals surface area contributed by atoms with Crippen molar-refractivity contribution in [3.63, 3.8) is 0 Å². The summed E-state index contributed by atoms with van der Waals surface area (Å²) in [7, 11) is 0. The predicted molar refractivity (Wildman–Crippen MR) is 84.3 cm³/mol. The number of hydrogen-bond donors (Lipinski definition) is 2. The maximum Gasteiger partial charge on any atom is 0.276 e. The second-order valence-corrected chi connectivity index (χ2v) is 4.83. The van der Waals surface area contributed by atoms with Crippen molar-refractivity contribution < 1.29 is 4.92 Å². The summed E-state index contributed by atoms with van der Waals surface area (Å²) in [5.41, 5.74) is 3.07. The molecule has 0 fully saturated rings. The average Bonchev–Trinajstić information content (AvgIpc) is 2.43. The first-order valence-corrected chi connectivity index (χ1v) is 6.74. The standard InChI is InChI=1S/C15H18N4O2/c1-4-16-14-8-12(19(20)21)9-15(18-14)17-13-7-10(2)5-6-11(13)3/h5-9H,4H2,1-3H3,(H2,16,17,18). The fraction of sp³-hybridized carbons (Fsp3) is 0.267. The Kier molecular flexibility index (Phi) is 4.37. The molecule has 1 heterocycles. The maximum atomic E-state index is 11.0. The molecule has 0 aliphatic heterocycles. The van der Waals surface area contributed by atoms with Gasteiger partial charge in [-0.25, -0.2) is 4.98 Å². The van der Waals surface area contributed by atoms with E-state index in [1.54, 1.807) is 0 Å². The van der Waals surface area contributed by atoms with Gasteiger partial charge in [-0.2, -0.15) is 0 Å². The van der Waals surface area contributed by atoms with Gasteiger partial charge in [0.15, 0.2) is 0 Å². The predicted octanol–water partition coefficient (Wildman–Crippen LogP) is 3.78. The molecule has 2 N–H and O–H groups in total. The minimum Gasteiger partial charge on any atom is -0.370 e. The number of anilines is 3. The molecule has 0 saturated carbocycles. The van der Waals surface area contributed by atoms with Gasteiger partial charge in [-0.3, -0.25) is 10.1 Å². The normalized spacial score (nSPS) is 10.2. The van der Waals surface area contributed by atoms with Crippen LogP contribution in [0.1, 0.15) is 18.1 Å². The molecule has 0 radical (unpaired) electrons. The first kappa shape index (κ1) is 14.8. The highest BCUT2D eigenvalue weighted by Gasteiger charge is 2.11. The Hall–Kier alpha value is -2.63. The highest BCUT2D eigenvalue weighted by molar-refractivity contribution is 5.65. The van der Waals surface area contributed by atoms with E-state index in [4.69, 9.17) is 0 Å². The molecule has 0 spiro atoms. The molecule has 2 rings (SSSR count). The lowest BCUT2D eigenvalue weighted by atomic mass is 10.1. The van der Waals surface area contributed by atoms with Crippen molar-refractivity contribution in [1.82, 2.24) is 4.98 Å². The number of aryl methyl sites for hydroxylation is 2. The van der Waals surface area contributed by atoms with Crippen molar-refractivity contribution in [2.24, 2.45) is 0 Å². The third-order valence-electron chi connectivity index (χ3n) is 3.03. The fourth-order valence-electron chi connectivity index (χ4n) is 1.97. The van der Waals surface area contributed by atoms with E-state index >= 15 is 0 Å². The molecule has 0 atom stereocenters. The lowest BCUT2D eigenvalue weighted by Crippen LogP contribution is -2.04. The van der Waals surface area contributed by atoms with Crippen molar-refractivity contribution in [2.45, 2.75) is 20.8 Å². The van der Waals surface area contributed by atoms with Gasteiger partial charge in [0.25, 0.3) is 5.69 Å². The van der Waals surface area contributed by atoms with Crippen molar-refractivity contribution in [3.05, 3.63) is 51.6 Å². The molecule has 110 valence electrons. The molecule has 1 aromatic heterocycles. The Morgan fingerprint density at radius 2 is 1.90 bits per heavy atom. The molecule has 0 bridgehead atoms. The Bertz CT molecular complexity index is 671. The Balaban J connectivity index is 2.38. The number of hydrogen-bond acceptors (Lipinski definition) is 5. The molecule has 2 aromatic rings. The van der Waals surface area contributed by atoms with Crippen LogP contribution in [-0.2, 0) is 0 Å². The van der Waals surface area contributed by atoms with Crippen molar-refractivity contribution in [2.75, 3.05) is 17.2 Å². The van der Waals surface area contributed by atoms with E-state index in [1.165, 1.54) is 12.1 Å². The second kappa shape index (κ2) is 6.21. The van der Waals surface area contributed by atoms with Crippen molar-refractivity contribution in [1.29, 1.82) is 0 Å². The van der Waals surface area contributed by atoms with Crippen LogP contribution in [0.25, 0.3) is 0 Å². The van der Waals surface area contributed by atoms with E-state index in [1.807, 2.05) is 39.0 Å². The number of benzene rings is 1. The van der Waals surface area contributed by atoms with Gasteiger partial charge in [-0.1, -0.05) is 12.1 Å².